The van der Waals surface area contributed by atoms with E-state index in [9.17, 15) is 4.79 Å². The van der Waals surface area contributed by atoms with Crippen molar-refractivity contribution in [3.63, 3.8) is 0 Å². The Labute approximate surface area is 134 Å². The molecule has 1 aromatic heterocycles. The van der Waals surface area contributed by atoms with Crippen molar-refractivity contribution in [1.29, 1.82) is 0 Å². The zero-order valence-electron chi connectivity index (χ0n) is 12.7. The second-order valence-electron chi connectivity index (χ2n) is 4.68. The predicted molar refractivity (Wildman–Crippen MR) is 87.7 cm³/mol. The Balaban J connectivity index is 1.67. The van der Waals surface area contributed by atoms with Crippen molar-refractivity contribution in [2.75, 3.05) is 27.3 Å². The molecule has 0 unspecified atom stereocenters. The third-order valence-corrected chi connectivity index (χ3v) is 3.97. The third kappa shape index (κ3) is 4.96. The number of benzene rings is 1. The largest absolute Gasteiger partial charge is 0.497 e. The molecule has 6 heteroatoms. The number of hydrogen-bond acceptors (Lipinski definition) is 4. The van der Waals surface area contributed by atoms with Crippen LogP contribution in [0.2, 0.25) is 0 Å². The van der Waals surface area contributed by atoms with Gasteiger partial charge in [0.1, 0.15) is 18.1 Å². The Hall–Kier alpha value is -2.21. The number of hydrogen-bond donors (Lipinski definition) is 1. The molecule has 0 aliphatic rings. The van der Waals surface area contributed by atoms with E-state index >= 15 is 0 Å². The van der Waals surface area contributed by atoms with Gasteiger partial charge in [0.2, 0.25) is 0 Å². The summed E-state index contributed by atoms with van der Waals surface area (Å²) in [5.74, 6) is 1.55. The van der Waals surface area contributed by atoms with Crippen LogP contribution < -0.4 is 14.8 Å². The predicted octanol–water partition coefficient (Wildman–Crippen LogP) is 2.98. The lowest BCUT2D eigenvalue weighted by atomic mass is 10.3. The fraction of sp³-hybridized carbons (Fsp3) is 0.312. The van der Waals surface area contributed by atoms with E-state index in [-0.39, 0.29) is 6.03 Å². The number of nitrogens with one attached hydrogen (secondary N) is 1. The minimum absolute atomic E-state index is 0.105. The molecule has 0 bridgehead atoms. The number of amides is 2. The Morgan fingerprint density at radius 3 is 2.59 bits per heavy atom. The van der Waals surface area contributed by atoms with E-state index in [0.717, 1.165) is 16.4 Å². The first-order valence-corrected chi connectivity index (χ1v) is 7.85. The van der Waals surface area contributed by atoms with Gasteiger partial charge in [0.25, 0.3) is 0 Å². The number of carbonyl (C=O) groups excluding carboxylic acids is 1. The smallest absolute Gasteiger partial charge is 0.317 e. The normalized spacial score (nSPS) is 10.1. The molecule has 1 heterocycles. The molecule has 0 radical (unpaired) electrons. The average molecular weight is 320 g/mol. The number of thiophene rings is 1. The maximum atomic E-state index is 11.9. The molecule has 2 rings (SSSR count). The molecule has 0 saturated heterocycles. The molecule has 0 aliphatic heterocycles. The SMILES string of the molecule is COc1ccc(OCCN(C)C(=O)NCc2cccs2)cc1. The van der Waals surface area contributed by atoms with Crippen molar-refractivity contribution >= 4 is 17.4 Å². The van der Waals surface area contributed by atoms with Gasteiger partial charge in [-0.25, -0.2) is 4.79 Å². The number of nitrogens with zero attached hydrogens (tertiary/aromatic N) is 1. The van der Waals surface area contributed by atoms with Crippen LogP contribution in [0.3, 0.4) is 0 Å². The Morgan fingerprint density at radius 2 is 1.95 bits per heavy atom. The van der Waals surface area contributed by atoms with E-state index < -0.39 is 0 Å². The molecular formula is C16H20N2O3S. The number of urea groups is 1. The van der Waals surface area contributed by atoms with E-state index in [0.29, 0.717) is 19.7 Å². The molecule has 118 valence electrons. The molecule has 22 heavy (non-hydrogen) atoms. The maximum Gasteiger partial charge on any atom is 0.317 e. The molecule has 2 aromatic rings. The van der Waals surface area contributed by atoms with Gasteiger partial charge in [-0.05, 0) is 35.7 Å². The zero-order valence-corrected chi connectivity index (χ0v) is 13.6. The monoisotopic (exact) mass is 320 g/mol. The highest BCUT2D eigenvalue weighted by molar-refractivity contribution is 7.09. The summed E-state index contributed by atoms with van der Waals surface area (Å²) in [5, 5.41) is 4.87. The van der Waals surface area contributed by atoms with Gasteiger partial charge in [0.15, 0.2) is 0 Å². The lowest BCUT2D eigenvalue weighted by molar-refractivity contribution is 0.195. The molecule has 0 atom stereocenters. The second kappa shape index (κ2) is 8.29. The van der Waals surface area contributed by atoms with Gasteiger partial charge >= 0.3 is 6.03 Å². The van der Waals surface area contributed by atoms with E-state index in [4.69, 9.17) is 9.47 Å². The van der Waals surface area contributed by atoms with Crippen LogP contribution >= 0.6 is 11.3 Å². The van der Waals surface area contributed by atoms with E-state index in [1.807, 2.05) is 41.8 Å². The van der Waals surface area contributed by atoms with Crippen molar-refractivity contribution in [2.24, 2.45) is 0 Å². The average Bonchev–Trinajstić information content (AvgIpc) is 3.06. The summed E-state index contributed by atoms with van der Waals surface area (Å²) < 4.78 is 10.7. The first kappa shape index (κ1) is 16.2. The van der Waals surface area contributed by atoms with Crippen LogP contribution in [0.5, 0.6) is 11.5 Å². The quantitative estimate of drug-likeness (QED) is 0.853. The fourth-order valence-corrected chi connectivity index (χ4v) is 2.43. The topological polar surface area (TPSA) is 50.8 Å². The van der Waals surface area contributed by atoms with Crippen LogP contribution in [0.1, 0.15) is 4.88 Å². The highest BCUT2D eigenvalue weighted by Crippen LogP contribution is 2.16. The Morgan fingerprint density at radius 1 is 1.23 bits per heavy atom. The van der Waals surface area contributed by atoms with E-state index in [1.165, 1.54) is 0 Å². The van der Waals surface area contributed by atoms with Gasteiger partial charge < -0.3 is 19.7 Å². The highest BCUT2D eigenvalue weighted by Gasteiger charge is 2.08. The van der Waals surface area contributed by atoms with Crippen molar-refractivity contribution in [3.8, 4) is 11.5 Å². The summed E-state index contributed by atoms with van der Waals surface area (Å²) in [6.45, 7) is 1.51. The molecular weight excluding hydrogens is 300 g/mol. The third-order valence-electron chi connectivity index (χ3n) is 3.10. The number of carbonyl (C=O) groups is 1. The van der Waals surface area contributed by atoms with E-state index in [2.05, 4.69) is 5.32 Å². The Bertz CT molecular complexity index is 570. The number of methoxy groups -OCH3 is 1. The molecule has 5 nitrogen and oxygen atoms in total. The Kier molecular flexibility index (Phi) is 6.09. The first-order valence-electron chi connectivity index (χ1n) is 6.97. The summed E-state index contributed by atoms with van der Waals surface area (Å²) >= 11 is 1.63. The van der Waals surface area contributed by atoms with Gasteiger partial charge in [-0.3, -0.25) is 0 Å². The maximum absolute atomic E-state index is 11.9. The van der Waals surface area contributed by atoms with Crippen molar-refractivity contribution in [2.45, 2.75) is 6.54 Å². The van der Waals surface area contributed by atoms with Gasteiger partial charge in [0.05, 0.1) is 20.2 Å². The van der Waals surface area contributed by atoms with Crippen LogP contribution in [0, 0.1) is 0 Å². The number of likely N-dealkylation sites (N-methyl/N-ethyl adjacent to an activating group) is 1. The summed E-state index contributed by atoms with van der Waals surface area (Å²) in [4.78, 5) is 14.7. The summed E-state index contributed by atoms with van der Waals surface area (Å²) in [7, 11) is 3.38. The molecule has 2 amide bonds. The van der Waals surface area contributed by atoms with Crippen molar-refractivity contribution in [3.05, 3.63) is 46.7 Å². The van der Waals surface area contributed by atoms with Crippen LogP contribution in [0.15, 0.2) is 41.8 Å². The van der Waals surface area contributed by atoms with Crippen LogP contribution in [-0.2, 0) is 6.54 Å². The summed E-state index contributed by atoms with van der Waals surface area (Å²) in [6, 6.07) is 11.2. The van der Waals surface area contributed by atoms with Gasteiger partial charge in [-0.1, -0.05) is 6.07 Å². The lowest BCUT2D eigenvalue weighted by Gasteiger charge is -2.18. The van der Waals surface area contributed by atoms with Gasteiger partial charge in [-0.2, -0.15) is 0 Å². The van der Waals surface area contributed by atoms with Crippen LogP contribution in [-0.4, -0.2) is 38.2 Å². The number of ether oxygens (including phenoxy) is 2. The molecule has 0 spiro atoms. The van der Waals surface area contributed by atoms with Gasteiger partial charge in [0, 0.05) is 11.9 Å². The zero-order chi connectivity index (χ0) is 15.8. The van der Waals surface area contributed by atoms with Crippen molar-refractivity contribution < 1.29 is 14.3 Å². The molecule has 0 aliphatic carbocycles. The molecule has 1 N–H and O–H groups in total. The lowest BCUT2D eigenvalue weighted by Crippen LogP contribution is -2.38. The van der Waals surface area contributed by atoms with Gasteiger partial charge in [-0.15, -0.1) is 11.3 Å². The molecule has 1 aromatic carbocycles. The molecule has 0 fully saturated rings. The molecule has 0 saturated carbocycles. The minimum Gasteiger partial charge on any atom is -0.497 e. The summed E-state index contributed by atoms with van der Waals surface area (Å²) in [6.07, 6.45) is 0. The number of rotatable bonds is 7. The second-order valence-corrected chi connectivity index (χ2v) is 5.72. The first-order chi connectivity index (χ1) is 10.7. The van der Waals surface area contributed by atoms with Crippen LogP contribution in [0.25, 0.3) is 0 Å². The van der Waals surface area contributed by atoms with Crippen LogP contribution in [0.4, 0.5) is 4.79 Å². The highest BCUT2D eigenvalue weighted by atomic mass is 32.1. The van der Waals surface area contributed by atoms with Crippen molar-refractivity contribution in [1.82, 2.24) is 10.2 Å². The standard InChI is InChI=1S/C16H20N2O3S/c1-18(16(19)17-12-15-4-3-11-22-15)9-10-21-14-7-5-13(20-2)6-8-14/h3-8,11H,9-10,12H2,1-2H3,(H,17,19). The summed E-state index contributed by atoms with van der Waals surface area (Å²) in [5.41, 5.74) is 0. The fourth-order valence-electron chi connectivity index (χ4n) is 1.78. The van der Waals surface area contributed by atoms with E-state index in [1.54, 1.807) is 30.4 Å². The minimum atomic E-state index is -0.105.